The third kappa shape index (κ3) is 5.22. The van der Waals surface area contributed by atoms with E-state index >= 15 is 0 Å². The molecule has 0 atom stereocenters. The molecule has 0 aliphatic rings. The van der Waals surface area contributed by atoms with Crippen molar-refractivity contribution in [1.29, 1.82) is 0 Å². The Bertz CT molecular complexity index is 1550. The molecule has 0 aliphatic carbocycles. The molecule has 0 N–H and O–H groups in total. The molecule has 0 saturated heterocycles. The van der Waals surface area contributed by atoms with Crippen molar-refractivity contribution in [3.63, 3.8) is 0 Å². The topological polar surface area (TPSA) is 27.1 Å². The molecule has 0 aliphatic heterocycles. The molecule has 0 fully saturated rings. The highest BCUT2D eigenvalue weighted by Gasteiger charge is 2.35. The molecule has 1 aromatic heterocycles. The molecule has 4 aromatic carbocycles. The lowest BCUT2D eigenvalue weighted by molar-refractivity contribution is -0.138. The summed E-state index contributed by atoms with van der Waals surface area (Å²) in [6.07, 6.45) is -9.08. The van der Waals surface area contributed by atoms with E-state index in [0.29, 0.717) is 22.4 Å². The van der Waals surface area contributed by atoms with Crippen LogP contribution in [0.25, 0.3) is 22.2 Å². The van der Waals surface area contributed by atoms with Crippen LogP contribution >= 0.6 is 0 Å². The zero-order chi connectivity index (χ0) is 26.9. The van der Waals surface area contributed by atoms with Crippen molar-refractivity contribution < 1.29 is 31.1 Å². The Balaban J connectivity index is 1.50. The Labute approximate surface area is 213 Å². The van der Waals surface area contributed by atoms with E-state index in [1.54, 1.807) is 30.3 Å². The van der Waals surface area contributed by atoms with E-state index in [0.717, 1.165) is 17.7 Å². The number of nitrogens with zero attached hydrogens (tertiary/aromatic N) is 2. The van der Waals surface area contributed by atoms with Gasteiger partial charge in [-0.3, -0.25) is 4.68 Å². The van der Waals surface area contributed by atoms with Gasteiger partial charge in [0.15, 0.2) is 0 Å². The summed E-state index contributed by atoms with van der Waals surface area (Å²) in [6, 6.07) is 24.8. The molecule has 1 heterocycles. The van der Waals surface area contributed by atoms with Gasteiger partial charge in [-0.25, -0.2) is 0 Å². The molecule has 38 heavy (non-hydrogen) atoms. The van der Waals surface area contributed by atoms with Gasteiger partial charge in [0.1, 0.15) is 17.9 Å². The Morgan fingerprint density at radius 3 is 1.97 bits per heavy atom. The lowest BCUT2D eigenvalue weighted by atomic mass is 10.0. The highest BCUT2D eigenvalue weighted by molar-refractivity contribution is 5.95. The van der Waals surface area contributed by atoms with Gasteiger partial charge < -0.3 is 4.74 Å². The minimum atomic E-state index is -4.58. The second-order valence-electron chi connectivity index (χ2n) is 8.66. The molecule has 9 heteroatoms. The van der Waals surface area contributed by atoms with Gasteiger partial charge in [-0.1, -0.05) is 60.7 Å². The van der Waals surface area contributed by atoms with Gasteiger partial charge in [-0.05, 0) is 42.0 Å². The molecular formula is C29H20F6N2O. The molecule has 194 valence electrons. The fourth-order valence-corrected chi connectivity index (χ4v) is 4.35. The van der Waals surface area contributed by atoms with Crippen LogP contribution in [0, 0.1) is 0 Å². The third-order valence-corrected chi connectivity index (χ3v) is 6.10. The summed E-state index contributed by atoms with van der Waals surface area (Å²) in [6.45, 7) is -0.0481. The number of fused-ring (bicyclic) bond motifs is 1. The maximum Gasteiger partial charge on any atom is 0.418 e. The summed E-state index contributed by atoms with van der Waals surface area (Å²) < 4.78 is 88.2. The van der Waals surface area contributed by atoms with E-state index in [9.17, 15) is 26.3 Å². The molecule has 0 saturated carbocycles. The number of halogens is 6. The predicted molar refractivity (Wildman–Crippen MR) is 131 cm³/mol. The van der Waals surface area contributed by atoms with Crippen LogP contribution in [0.15, 0.2) is 97.1 Å². The number of benzene rings is 4. The average molecular weight is 526 g/mol. The summed E-state index contributed by atoms with van der Waals surface area (Å²) in [5, 5.41) is 4.68. The van der Waals surface area contributed by atoms with Gasteiger partial charge in [0.2, 0.25) is 0 Å². The Morgan fingerprint density at radius 1 is 0.658 bits per heavy atom. The van der Waals surface area contributed by atoms with Crippen molar-refractivity contribution >= 4 is 10.9 Å². The number of ether oxygens (including phenoxy) is 1. The zero-order valence-electron chi connectivity index (χ0n) is 19.7. The van der Waals surface area contributed by atoms with Gasteiger partial charge in [0, 0.05) is 16.5 Å². The summed E-state index contributed by atoms with van der Waals surface area (Å²) >= 11 is 0. The fourth-order valence-electron chi connectivity index (χ4n) is 4.35. The van der Waals surface area contributed by atoms with Crippen LogP contribution < -0.4 is 4.74 Å². The molecule has 0 unspecified atom stereocenters. The molecule has 0 spiro atoms. The van der Waals surface area contributed by atoms with Crippen molar-refractivity contribution in [2.24, 2.45) is 0 Å². The Morgan fingerprint density at radius 2 is 1.29 bits per heavy atom. The number of aromatic nitrogens is 2. The van der Waals surface area contributed by atoms with E-state index in [2.05, 4.69) is 5.10 Å². The first-order chi connectivity index (χ1) is 18.1. The van der Waals surface area contributed by atoms with Crippen molar-refractivity contribution in [3.05, 3.63) is 119 Å². The Kier molecular flexibility index (Phi) is 6.60. The van der Waals surface area contributed by atoms with Crippen LogP contribution in [0.3, 0.4) is 0 Å². The van der Waals surface area contributed by atoms with Gasteiger partial charge in [0.25, 0.3) is 0 Å². The largest absolute Gasteiger partial charge is 0.489 e. The normalized spacial score (nSPS) is 12.2. The first-order valence-electron chi connectivity index (χ1n) is 11.6. The Hall–Kier alpha value is -4.27. The number of rotatable bonds is 6. The fraction of sp³-hybridized carbons (Fsp3) is 0.138. The number of hydrogen-bond acceptors (Lipinski definition) is 2. The highest BCUT2D eigenvalue weighted by atomic mass is 19.4. The summed E-state index contributed by atoms with van der Waals surface area (Å²) in [5.41, 5.74) is 0.179. The number of hydrogen-bond donors (Lipinski definition) is 0. The minimum absolute atomic E-state index is 0.00399. The molecule has 3 nitrogen and oxygen atoms in total. The zero-order valence-corrected chi connectivity index (χ0v) is 19.7. The standard InChI is InChI=1S/C29H20F6N2O/c30-28(31,32)24-11-5-4-9-21(24)18-38-22-15-13-20(14-16-22)27-23-10-6-12-25(29(33,34)35)26(23)36-37(27)17-19-7-2-1-3-8-19/h1-16H,17-18H2. The lowest BCUT2D eigenvalue weighted by Gasteiger charge is -2.14. The predicted octanol–water partition coefficient (Wildman–Crippen LogP) is 8.37. The number of alkyl halides is 6. The first-order valence-corrected chi connectivity index (χ1v) is 11.6. The van der Waals surface area contributed by atoms with Gasteiger partial charge in [-0.15, -0.1) is 0 Å². The smallest absolute Gasteiger partial charge is 0.418 e. The van der Waals surface area contributed by atoms with Crippen LogP contribution in [0.2, 0.25) is 0 Å². The quantitative estimate of drug-likeness (QED) is 0.208. The van der Waals surface area contributed by atoms with Gasteiger partial charge in [-0.2, -0.15) is 31.4 Å². The summed E-state index contributed by atoms with van der Waals surface area (Å²) in [7, 11) is 0. The van der Waals surface area contributed by atoms with Crippen molar-refractivity contribution in [1.82, 2.24) is 9.78 Å². The maximum absolute atomic E-state index is 13.7. The molecule has 5 aromatic rings. The first kappa shape index (κ1) is 25.4. The second kappa shape index (κ2) is 9.89. The highest BCUT2D eigenvalue weighted by Crippen LogP contribution is 2.38. The van der Waals surface area contributed by atoms with Crippen molar-refractivity contribution in [3.8, 4) is 17.0 Å². The molecule has 0 radical (unpaired) electrons. The minimum Gasteiger partial charge on any atom is -0.489 e. The second-order valence-corrected chi connectivity index (χ2v) is 8.66. The van der Waals surface area contributed by atoms with Crippen molar-refractivity contribution in [2.75, 3.05) is 0 Å². The molecule has 0 bridgehead atoms. The molecule has 5 rings (SSSR count). The summed E-state index contributed by atoms with van der Waals surface area (Å²) in [4.78, 5) is 0. The van der Waals surface area contributed by atoms with E-state index < -0.39 is 23.5 Å². The van der Waals surface area contributed by atoms with E-state index in [-0.39, 0.29) is 24.2 Å². The van der Waals surface area contributed by atoms with Crippen LogP contribution in [0.4, 0.5) is 26.3 Å². The molecule has 0 amide bonds. The van der Waals surface area contributed by atoms with E-state index in [1.807, 2.05) is 30.3 Å². The molecular weight excluding hydrogens is 506 g/mol. The van der Waals surface area contributed by atoms with Crippen molar-refractivity contribution in [2.45, 2.75) is 25.5 Å². The van der Waals surface area contributed by atoms with E-state index in [1.165, 1.54) is 28.9 Å². The monoisotopic (exact) mass is 526 g/mol. The van der Waals surface area contributed by atoms with Gasteiger partial charge in [0.05, 0.1) is 23.4 Å². The maximum atomic E-state index is 13.7. The van der Waals surface area contributed by atoms with E-state index in [4.69, 9.17) is 4.74 Å². The van der Waals surface area contributed by atoms with Crippen LogP contribution in [-0.2, 0) is 25.5 Å². The van der Waals surface area contributed by atoms with Crippen LogP contribution in [-0.4, -0.2) is 9.78 Å². The summed E-state index contributed by atoms with van der Waals surface area (Å²) in [5.74, 6) is 0.320. The van der Waals surface area contributed by atoms with Gasteiger partial charge >= 0.3 is 12.4 Å². The third-order valence-electron chi connectivity index (χ3n) is 6.10. The van der Waals surface area contributed by atoms with Crippen LogP contribution in [0.5, 0.6) is 5.75 Å². The van der Waals surface area contributed by atoms with Crippen LogP contribution in [0.1, 0.15) is 22.3 Å². The SMILES string of the molecule is FC(F)(F)c1ccccc1COc1ccc(-c2c3cccc(C(F)(F)F)c3nn2Cc2ccccc2)cc1. The average Bonchev–Trinajstić information content (AvgIpc) is 3.25. The lowest BCUT2D eigenvalue weighted by Crippen LogP contribution is -2.10.